The Morgan fingerprint density at radius 2 is 1.88 bits per heavy atom. The number of thiophene rings is 1. The van der Waals surface area contributed by atoms with Crippen LogP contribution in [-0.2, 0) is 9.53 Å². The van der Waals surface area contributed by atoms with Crippen LogP contribution in [0.2, 0.25) is 4.34 Å². The number of hydrogen-bond acceptors (Lipinski definition) is 6. The van der Waals surface area contributed by atoms with Crippen LogP contribution in [0.5, 0.6) is 0 Å². The third-order valence-corrected chi connectivity index (χ3v) is 6.19. The van der Waals surface area contributed by atoms with Gasteiger partial charge in [0.1, 0.15) is 9.88 Å². The Hall–Kier alpha value is -2.22. The highest BCUT2D eigenvalue weighted by Gasteiger charge is 2.26. The number of carbonyl (C=O) groups is 2. The average molecular weight is 407 g/mol. The minimum atomic E-state index is -0.880. The molecule has 3 aromatic rings. The molecule has 0 saturated heterocycles. The van der Waals surface area contributed by atoms with E-state index < -0.39 is 12.0 Å². The summed E-state index contributed by atoms with van der Waals surface area (Å²) in [6, 6.07) is 11.7. The van der Waals surface area contributed by atoms with Gasteiger partial charge in [-0.05, 0) is 24.6 Å². The Morgan fingerprint density at radius 3 is 2.50 bits per heavy atom. The van der Waals surface area contributed by atoms with Gasteiger partial charge in [-0.25, -0.2) is 9.78 Å². The Morgan fingerprint density at radius 1 is 1.15 bits per heavy atom. The van der Waals surface area contributed by atoms with E-state index in [0.29, 0.717) is 20.5 Å². The summed E-state index contributed by atoms with van der Waals surface area (Å²) in [6.07, 6.45) is 0. The number of hydrogen-bond donors (Lipinski definition) is 1. The van der Waals surface area contributed by atoms with Crippen molar-refractivity contribution in [3.05, 3.63) is 62.9 Å². The van der Waals surface area contributed by atoms with E-state index in [-0.39, 0.29) is 5.91 Å². The molecule has 0 fully saturated rings. The van der Waals surface area contributed by atoms with Crippen molar-refractivity contribution in [2.75, 3.05) is 7.11 Å². The van der Waals surface area contributed by atoms with Gasteiger partial charge in [-0.1, -0.05) is 41.9 Å². The van der Waals surface area contributed by atoms with Gasteiger partial charge in [-0.15, -0.1) is 22.7 Å². The monoisotopic (exact) mass is 406 g/mol. The van der Waals surface area contributed by atoms with Gasteiger partial charge < -0.3 is 10.1 Å². The fourth-order valence-electron chi connectivity index (χ4n) is 2.38. The second-order valence-corrected chi connectivity index (χ2v) is 8.09. The zero-order valence-corrected chi connectivity index (χ0v) is 16.4. The number of amides is 1. The van der Waals surface area contributed by atoms with Crippen LogP contribution in [0.1, 0.15) is 27.0 Å². The molecule has 2 aromatic heterocycles. The number of methoxy groups -OCH3 is 1. The molecular formula is C18H15ClN2O3S2. The van der Waals surface area contributed by atoms with E-state index in [1.54, 1.807) is 37.3 Å². The van der Waals surface area contributed by atoms with E-state index in [2.05, 4.69) is 10.3 Å². The fourth-order valence-corrected chi connectivity index (χ4v) is 4.45. The smallest absolute Gasteiger partial charge is 0.333 e. The molecule has 0 aliphatic rings. The number of esters is 1. The molecule has 134 valence electrons. The molecular weight excluding hydrogens is 392 g/mol. The van der Waals surface area contributed by atoms with E-state index in [0.717, 1.165) is 9.88 Å². The number of nitrogens with zero attached hydrogens (tertiary/aromatic N) is 1. The van der Waals surface area contributed by atoms with Crippen molar-refractivity contribution in [2.45, 2.75) is 13.0 Å². The largest absolute Gasteiger partial charge is 0.467 e. The van der Waals surface area contributed by atoms with Crippen LogP contribution in [0.15, 0.2) is 42.5 Å². The summed E-state index contributed by atoms with van der Waals surface area (Å²) in [5.41, 5.74) is 1.25. The summed E-state index contributed by atoms with van der Waals surface area (Å²) < 4.78 is 5.49. The maximum atomic E-state index is 12.7. The van der Waals surface area contributed by atoms with Crippen LogP contribution < -0.4 is 5.32 Å². The first kappa shape index (κ1) is 18.6. The highest BCUT2D eigenvalue weighted by atomic mass is 35.5. The Balaban J connectivity index is 1.86. The third-order valence-electron chi connectivity index (χ3n) is 3.63. The van der Waals surface area contributed by atoms with Crippen LogP contribution >= 0.6 is 34.3 Å². The van der Waals surface area contributed by atoms with Gasteiger partial charge >= 0.3 is 5.97 Å². The standard InChI is InChI=1S/C18H15ClN2O3S2/c1-10-15(26-17(20-10)12-8-9-13(19)25-12)16(22)21-14(18(23)24-2)11-6-4-3-5-7-11/h3-9,14H,1-2H3,(H,21,22). The van der Waals surface area contributed by atoms with Crippen molar-refractivity contribution < 1.29 is 14.3 Å². The first-order valence-electron chi connectivity index (χ1n) is 7.66. The number of thiazole rings is 1. The minimum absolute atomic E-state index is 0.367. The SMILES string of the molecule is COC(=O)C(NC(=O)c1sc(-c2ccc(Cl)s2)nc1C)c1ccccc1. The quantitative estimate of drug-likeness (QED) is 0.634. The summed E-state index contributed by atoms with van der Waals surface area (Å²) in [7, 11) is 1.29. The van der Waals surface area contributed by atoms with Gasteiger partial charge in [0, 0.05) is 0 Å². The lowest BCUT2D eigenvalue weighted by Gasteiger charge is -2.16. The minimum Gasteiger partial charge on any atom is -0.467 e. The molecule has 0 aliphatic carbocycles. The number of aryl methyl sites for hydroxylation is 1. The number of aromatic nitrogens is 1. The van der Waals surface area contributed by atoms with Gasteiger partial charge in [0.15, 0.2) is 6.04 Å². The van der Waals surface area contributed by atoms with Crippen LogP contribution in [0, 0.1) is 6.92 Å². The lowest BCUT2D eigenvalue weighted by atomic mass is 10.1. The number of carbonyl (C=O) groups excluding carboxylic acids is 2. The van der Waals surface area contributed by atoms with E-state index in [1.807, 2.05) is 12.1 Å². The lowest BCUT2D eigenvalue weighted by Crippen LogP contribution is -2.34. The second-order valence-electron chi connectivity index (χ2n) is 5.38. The van der Waals surface area contributed by atoms with E-state index >= 15 is 0 Å². The Bertz CT molecular complexity index is 937. The molecule has 1 amide bonds. The Kier molecular flexibility index (Phi) is 5.70. The molecule has 2 heterocycles. The summed E-state index contributed by atoms with van der Waals surface area (Å²) in [4.78, 5) is 30.7. The molecule has 0 saturated carbocycles. The van der Waals surface area contributed by atoms with E-state index in [9.17, 15) is 9.59 Å². The molecule has 1 unspecified atom stereocenters. The third kappa shape index (κ3) is 3.95. The second kappa shape index (κ2) is 7.99. The first-order chi connectivity index (χ1) is 12.5. The molecule has 0 radical (unpaired) electrons. The van der Waals surface area contributed by atoms with Crippen molar-refractivity contribution in [1.82, 2.24) is 10.3 Å². The lowest BCUT2D eigenvalue weighted by molar-refractivity contribution is -0.143. The first-order valence-corrected chi connectivity index (χ1v) is 9.67. The van der Waals surface area contributed by atoms with Gasteiger partial charge in [0.2, 0.25) is 0 Å². The molecule has 0 bridgehead atoms. The van der Waals surface area contributed by atoms with Crippen molar-refractivity contribution in [1.29, 1.82) is 0 Å². The molecule has 0 aliphatic heterocycles. The maximum Gasteiger partial charge on any atom is 0.333 e. The number of benzene rings is 1. The Labute approximate surface area is 163 Å². The number of nitrogens with one attached hydrogen (secondary N) is 1. The molecule has 3 rings (SSSR count). The van der Waals surface area contributed by atoms with Crippen molar-refractivity contribution in [3.63, 3.8) is 0 Å². The summed E-state index contributed by atoms with van der Waals surface area (Å²) in [5.74, 6) is -0.898. The fraction of sp³-hybridized carbons (Fsp3) is 0.167. The van der Waals surface area contributed by atoms with Crippen molar-refractivity contribution in [2.24, 2.45) is 0 Å². The van der Waals surface area contributed by atoms with Gasteiger partial charge in [0.05, 0.1) is 22.0 Å². The van der Waals surface area contributed by atoms with Crippen molar-refractivity contribution in [3.8, 4) is 9.88 Å². The average Bonchev–Trinajstić information content (AvgIpc) is 3.25. The maximum absolute atomic E-state index is 12.7. The number of rotatable bonds is 5. The molecule has 1 atom stereocenters. The van der Waals surface area contributed by atoms with Crippen molar-refractivity contribution >= 4 is 46.2 Å². The highest BCUT2D eigenvalue weighted by molar-refractivity contribution is 7.24. The molecule has 26 heavy (non-hydrogen) atoms. The van der Waals surface area contributed by atoms with Crippen LogP contribution in [-0.4, -0.2) is 24.0 Å². The molecule has 5 nitrogen and oxygen atoms in total. The predicted molar refractivity (Wildman–Crippen MR) is 104 cm³/mol. The number of halogens is 1. The summed E-state index contributed by atoms with van der Waals surface area (Å²) in [6.45, 7) is 1.76. The normalized spacial score (nSPS) is 11.8. The van der Waals surface area contributed by atoms with Crippen LogP contribution in [0.4, 0.5) is 0 Å². The van der Waals surface area contributed by atoms with Gasteiger partial charge in [-0.3, -0.25) is 4.79 Å². The van der Waals surface area contributed by atoms with Gasteiger partial charge in [-0.2, -0.15) is 0 Å². The molecule has 0 spiro atoms. The molecule has 1 aromatic carbocycles. The van der Waals surface area contributed by atoms with E-state index in [1.165, 1.54) is 29.8 Å². The summed E-state index contributed by atoms with van der Waals surface area (Å²) >= 11 is 8.64. The van der Waals surface area contributed by atoms with Crippen LogP contribution in [0.25, 0.3) is 9.88 Å². The zero-order valence-electron chi connectivity index (χ0n) is 14.0. The topological polar surface area (TPSA) is 68.3 Å². The molecule has 8 heteroatoms. The number of ether oxygens (including phenoxy) is 1. The van der Waals surface area contributed by atoms with Gasteiger partial charge in [0.25, 0.3) is 5.91 Å². The summed E-state index contributed by atoms with van der Waals surface area (Å²) in [5, 5.41) is 3.47. The highest BCUT2D eigenvalue weighted by Crippen LogP contribution is 2.35. The molecule has 1 N–H and O–H groups in total. The van der Waals surface area contributed by atoms with E-state index in [4.69, 9.17) is 16.3 Å². The zero-order chi connectivity index (χ0) is 18.7. The van der Waals surface area contributed by atoms with Crippen LogP contribution in [0.3, 0.4) is 0 Å². The predicted octanol–water partition coefficient (Wildman–Crippen LogP) is 4.48.